The van der Waals surface area contributed by atoms with Crippen molar-refractivity contribution >= 4 is 23.1 Å². The van der Waals surface area contributed by atoms with Crippen LogP contribution in [-0.2, 0) is 6.54 Å². The Balaban J connectivity index is 2.03. The zero-order valence-corrected chi connectivity index (χ0v) is 10.6. The second-order valence-corrected chi connectivity index (χ2v) is 5.97. The molecule has 80 valence electrons. The van der Waals surface area contributed by atoms with Crippen molar-refractivity contribution in [2.75, 3.05) is 12.3 Å². The SMILES string of the molecule is CCCSC(C)CNCc1cccs1. The molecular weight excluding hydrogens is 210 g/mol. The van der Waals surface area contributed by atoms with E-state index >= 15 is 0 Å². The number of hydrogen-bond donors (Lipinski definition) is 1. The van der Waals surface area contributed by atoms with Crippen LogP contribution in [0.2, 0.25) is 0 Å². The minimum Gasteiger partial charge on any atom is -0.311 e. The standard InChI is InChI=1S/C11H19NS2/c1-3-6-13-10(2)8-12-9-11-5-4-7-14-11/h4-5,7,10,12H,3,6,8-9H2,1-2H3. The van der Waals surface area contributed by atoms with Crippen molar-refractivity contribution in [3.8, 4) is 0 Å². The van der Waals surface area contributed by atoms with E-state index in [1.165, 1.54) is 17.1 Å². The summed E-state index contributed by atoms with van der Waals surface area (Å²) >= 11 is 3.88. The van der Waals surface area contributed by atoms with Crippen LogP contribution in [-0.4, -0.2) is 17.5 Å². The first-order valence-electron chi connectivity index (χ1n) is 5.17. The summed E-state index contributed by atoms with van der Waals surface area (Å²) in [6, 6.07) is 4.29. The molecule has 1 aromatic heterocycles. The van der Waals surface area contributed by atoms with Crippen LogP contribution in [0.5, 0.6) is 0 Å². The molecular formula is C11H19NS2. The van der Waals surface area contributed by atoms with Crippen molar-refractivity contribution in [1.29, 1.82) is 0 Å². The van der Waals surface area contributed by atoms with E-state index in [9.17, 15) is 0 Å². The molecule has 1 nitrogen and oxygen atoms in total. The maximum atomic E-state index is 3.49. The summed E-state index contributed by atoms with van der Waals surface area (Å²) in [7, 11) is 0. The zero-order chi connectivity index (χ0) is 10.2. The smallest absolute Gasteiger partial charge is 0.0300 e. The molecule has 0 saturated heterocycles. The van der Waals surface area contributed by atoms with Crippen molar-refractivity contribution in [3.05, 3.63) is 22.4 Å². The highest BCUT2D eigenvalue weighted by Gasteiger charge is 2.01. The Bertz CT molecular complexity index is 221. The molecule has 3 heteroatoms. The zero-order valence-electron chi connectivity index (χ0n) is 8.95. The quantitative estimate of drug-likeness (QED) is 0.769. The Labute approximate surface area is 95.3 Å². The number of rotatable bonds is 7. The lowest BCUT2D eigenvalue weighted by molar-refractivity contribution is 0.690. The third kappa shape index (κ3) is 5.03. The highest BCUT2D eigenvalue weighted by Crippen LogP contribution is 2.11. The molecule has 0 spiro atoms. The van der Waals surface area contributed by atoms with Gasteiger partial charge in [-0.2, -0.15) is 11.8 Å². The van der Waals surface area contributed by atoms with Crippen molar-refractivity contribution < 1.29 is 0 Å². The highest BCUT2D eigenvalue weighted by molar-refractivity contribution is 7.99. The Hall–Kier alpha value is 0.01000. The van der Waals surface area contributed by atoms with Gasteiger partial charge in [0.1, 0.15) is 0 Å². The summed E-state index contributed by atoms with van der Waals surface area (Å²) < 4.78 is 0. The predicted molar refractivity (Wildman–Crippen MR) is 68.2 cm³/mol. The molecule has 0 fully saturated rings. The molecule has 0 saturated carbocycles. The minimum absolute atomic E-state index is 0.731. The monoisotopic (exact) mass is 229 g/mol. The molecule has 1 unspecified atom stereocenters. The van der Waals surface area contributed by atoms with E-state index in [1.54, 1.807) is 0 Å². The van der Waals surface area contributed by atoms with Gasteiger partial charge in [-0.3, -0.25) is 0 Å². The molecule has 0 aromatic carbocycles. The Morgan fingerprint density at radius 2 is 2.43 bits per heavy atom. The molecule has 0 aliphatic carbocycles. The van der Waals surface area contributed by atoms with Crippen LogP contribution in [0.15, 0.2) is 17.5 Å². The number of nitrogens with one attached hydrogen (secondary N) is 1. The maximum absolute atomic E-state index is 3.49. The van der Waals surface area contributed by atoms with Gasteiger partial charge in [0.2, 0.25) is 0 Å². The fourth-order valence-corrected chi connectivity index (χ4v) is 2.74. The molecule has 0 bridgehead atoms. The molecule has 14 heavy (non-hydrogen) atoms. The van der Waals surface area contributed by atoms with Crippen LogP contribution < -0.4 is 5.32 Å². The van der Waals surface area contributed by atoms with Gasteiger partial charge in [0.25, 0.3) is 0 Å². The average molecular weight is 229 g/mol. The highest BCUT2D eigenvalue weighted by atomic mass is 32.2. The number of hydrogen-bond acceptors (Lipinski definition) is 3. The maximum Gasteiger partial charge on any atom is 0.0300 e. The molecule has 1 rings (SSSR count). The molecule has 1 atom stereocenters. The first-order chi connectivity index (χ1) is 6.83. The van der Waals surface area contributed by atoms with E-state index in [0.29, 0.717) is 0 Å². The van der Waals surface area contributed by atoms with Gasteiger partial charge in [-0.25, -0.2) is 0 Å². The molecule has 0 amide bonds. The van der Waals surface area contributed by atoms with E-state index in [4.69, 9.17) is 0 Å². The van der Waals surface area contributed by atoms with Gasteiger partial charge in [-0.1, -0.05) is 19.9 Å². The lowest BCUT2D eigenvalue weighted by Crippen LogP contribution is -2.22. The summed E-state index contributed by atoms with van der Waals surface area (Å²) in [4.78, 5) is 1.43. The third-order valence-corrected chi connectivity index (χ3v) is 4.17. The van der Waals surface area contributed by atoms with Crippen LogP contribution in [0.4, 0.5) is 0 Å². The Kier molecular flexibility index (Phi) is 6.32. The topological polar surface area (TPSA) is 12.0 Å². The number of thioether (sulfide) groups is 1. The van der Waals surface area contributed by atoms with Crippen LogP contribution >= 0.6 is 23.1 Å². The van der Waals surface area contributed by atoms with Gasteiger partial charge in [-0.15, -0.1) is 11.3 Å². The van der Waals surface area contributed by atoms with Crippen molar-refractivity contribution in [3.63, 3.8) is 0 Å². The summed E-state index contributed by atoms with van der Waals surface area (Å²) in [5, 5.41) is 6.35. The lowest BCUT2D eigenvalue weighted by Gasteiger charge is -2.10. The predicted octanol–water partition coefficient (Wildman–Crippen LogP) is 3.37. The van der Waals surface area contributed by atoms with Crippen molar-refractivity contribution in [2.45, 2.75) is 32.1 Å². The normalized spacial score (nSPS) is 13.0. The van der Waals surface area contributed by atoms with E-state index in [-0.39, 0.29) is 0 Å². The average Bonchev–Trinajstić information content (AvgIpc) is 2.67. The van der Waals surface area contributed by atoms with Crippen LogP contribution in [0.25, 0.3) is 0 Å². The van der Waals surface area contributed by atoms with E-state index in [0.717, 1.165) is 18.3 Å². The Morgan fingerprint density at radius 3 is 3.07 bits per heavy atom. The van der Waals surface area contributed by atoms with Crippen molar-refractivity contribution in [2.24, 2.45) is 0 Å². The van der Waals surface area contributed by atoms with Crippen LogP contribution in [0.3, 0.4) is 0 Å². The summed E-state index contributed by atoms with van der Waals surface area (Å²) in [6.07, 6.45) is 1.28. The van der Waals surface area contributed by atoms with Gasteiger partial charge >= 0.3 is 0 Å². The minimum atomic E-state index is 0.731. The largest absolute Gasteiger partial charge is 0.311 e. The van der Waals surface area contributed by atoms with Crippen LogP contribution in [0, 0.1) is 0 Å². The summed E-state index contributed by atoms with van der Waals surface area (Å²) in [5.74, 6) is 1.28. The van der Waals surface area contributed by atoms with Crippen LogP contribution in [0.1, 0.15) is 25.1 Å². The van der Waals surface area contributed by atoms with Gasteiger partial charge in [0.15, 0.2) is 0 Å². The molecule has 0 aliphatic heterocycles. The molecule has 0 radical (unpaired) electrons. The first-order valence-corrected chi connectivity index (χ1v) is 7.10. The fourth-order valence-electron chi connectivity index (χ4n) is 1.19. The van der Waals surface area contributed by atoms with E-state index in [1.807, 2.05) is 11.3 Å². The van der Waals surface area contributed by atoms with E-state index < -0.39 is 0 Å². The second-order valence-electron chi connectivity index (χ2n) is 3.39. The summed E-state index contributed by atoms with van der Waals surface area (Å²) in [6.45, 7) is 6.66. The Morgan fingerprint density at radius 1 is 1.57 bits per heavy atom. The third-order valence-electron chi connectivity index (χ3n) is 1.92. The van der Waals surface area contributed by atoms with Gasteiger partial charge in [0, 0.05) is 23.2 Å². The van der Waals surface area contributed by atoms with Gasteiger partial charge in [-0.05, 0) is 23.6 Å². The lowest BCUT2D eigenvalue weighted by atomic mass is 10.4. The molecule has 1 aromatic rings. The molecule has 1 heterocycles. The summed E-state index contributed by atoms with van der Waals surface area (Å²) in [5.41, 5.74) is 0. The first kappa shape index (κ1) is 12.1. The fraction of sp³-hybridized carbons (Fsp3) is 0.636. The van der Waals surface area contributed by atoms with Gasteiger partial charge < -0.3 is 5.32 Å². The molecule has 1 N–H and O–H groups in total. The van der Waals surface area contributed by atoms with Crippen molar-refractivity contribution in [1.82, 2.24) is 5.32 Å². The second kappa shape index (κ2) is 7.32. The van der Waals surface area contributed by atoms with E-state index in [2.05, 4.69) is 48.4 Å². The number of thiophene rings is 1. The van der Waals surface area contributed by atoms with Gasteiger partial charge in [0.05, 0.1) is 0 Å². The molecule has 0 aliphatic rings.